The Balaban J connectivity index is 2.84. The fourth-order valence-corrected chi connectivity index (χ4v) is 5.68. The fourth-order valence-electron chi connectivity index (χ4n) is 2.82. The molecule has 1 fully saturated rings. The summed E-state index contributed by atoms with van der Waals surface area (Å²) in [6, 6.07) is 0. The smallest absolute Gasteiger partial charge is 0.375 e. The van der Waals surface area contributed by atoms with E-state index in [9.17, 15) is 0 Å². The minimum atomic E-state index is -2.83. The van der Waals surface area contributed by atoms with Gasteiger partial charge in [-0.2, -0.15) is 0 Å². The molecule has 3 atom stereocenters. The summed E-state index contributed by atoms with van der Waals surface area (Å²) in [5.74, 6) is 0. The van der Waals surface area contributed by atoms with Crippen LogP contribution < -0.4 is 0 Å². The lowest BCUT2D eigenvalue weighted by atomic mass is 10.0. The van der Waals surface area contributed by atoms with Crippen molar-refractivity contribution in [2.75, 3.05) is 26.4 Å². The van der Waals surface area contributed by atoms with E-state index in [-0.39, 0.29) is 17.9 Å². The molecule has 0 aromatic rings. The molecule has 1 heterocycles. The minimum absolute atomic E-state index is 0.108. The number of ether oxygens (including phenoxy) is 2. The van der Waals surface area contributed by atoms with Crippen molar-refractivity contribution in [2.45, 2.75) is 78.2 Å². The van der Waals surface area contributed by atoms with Crippen molar-refractivity contribution in [1.82, 2.24) is 0 Å². The molecule has 132 valence electrons. The molecular weight excluding hydrogens is 300 g/mol. The van der Waals surface area contributed by atoms with Gasteiger partial charge in [0.15, 0.2) is 0 Å². The van der Waals surface area contributed by atoms with Crippen LogP contribution in [0, 0.1) is 0 Å². The summed E-state index contributed by atoms with van der Waals surface area (Å²) in [4.78, 5) is 0. The van der Waals surface area contributed by atoms with Crippen LogP contribution in [-0.2, 0) is 22.8 Å². The molecule has 0 spiro atoms. The Labute approximate surface area is 137 Å². The average molecular weight is 335 g/mol. The highest BCUT2D eigenvalue weighted by atomic mass is 28.4. The van der Waals surface area contributed by atoms with Gasteiger partial charge in [0.2, 0.25) is 0 Å². The molecule has 0 aromatic heterocycles. The summed E-state index contributed by atoms with van der Waals surface area (Å²) in [7, 11) is -2.83. The maximum Gasteiger partial charge on any atom is 0.531 e. The Kier molecular flexibility index (Phi) is 9.78. The molecule has 0 amide bonds. The number of hydrogen-bond acceptors (Lipinski definition) is 5. The van der Waals surface area contributed by atoms with Crippen LogP contribution in [0.1, 0.15) is 60.3 Å². The summed E-state index contributed by atoms with van der Waals surface area (Å²) in [6.45, 7) is 12.8. The third kappa shape index (κ3) is 5.28. The Bertz CT molecular complexity index is 269. The predicted molar refractivity (Wildman–Crippen MR) is 88.8 cm³/mol. The normalized spacial score (nSPS) is 21.4. The van der Waals surface area contributed by atoms with Gasteiger partial charge < -0.3 is 22.8 Å². The van der Waals surface area contributed by atoms with Crippen LogP contribution in [-0.4, -0.2) is 53.2 Å². The summed E-state index contributed by atoms with van der Waals surface area (Å²) in [5.41, 5.74) is -0.131. The monoisotopic (exact) mass is 334 g/mol. The third-order valence-corrected chi connectivity index (χ3v) is 7.27. The van der Waals surface area contributed by atoms with Gasteiger partial charge in [0.1, 0.15) is 5.73 Å². The van der Waals surface area contributed by atoms with Crippen LogP contribution in [0.25, 0.3) is 0 Å². The van der Waals surface area contributed by atoms with Crippen molar-refractivity contribution in [3.63, 3.8) is 0 Å². The van der Waals surface area contributed by atoms with Crippen molar-refractivity contribution < 1.29 is 22.8 Å². The maximum atomic E-state index is 6.43. The Morgan fingerprint density at radius 3 is 1.86 bits per heavy atom. The molecule has 5 nitrogen and oxygen atoms in total. The van der Waals surface area contributed by atoms with Gasteiger partial charge in [-0.05, 0) is 40.0 Å². The molecule has 22 heavy (non-hydrogen) atoms. The summed E-state index contributed by atoms with van der Waals surface area (Å²) < 4.78 is 30.1. The molecule has 0 aromatic carbocycles. The highest BCUT2D eigenvalue weighted by molar-refractivity contribution is 6.62. The highest BCUT2D eigenvalue weighted by Crippen LogP contribution is 2.28. The molecular formula is C16H34O5Si. The standard InChI is InChI=1S/C16H34O5Si/c1-6-11-15(14-12-13-17-14)21-16(7-2)22(18-8-3,19-9-4)20-10-5/h14-16H,6-13H2,1-5H3. The molecule has 0 saturated carbocycles. The molecule has 6 heteroatoms. The van der Waals surface area contributed by atoms with Crippen LogP contribution in [0.5, 0.6) is 0 Å². The Morgan fingerprint density at radius 1 is 1.00 bits per heavy atom. The molecule has 0 bridgehead atoms. The summed E-state index contributed by atoms with van der Waals surface area (Å²) in [6.07, 6.45) is 4.29. The Morgan fingerprint density at radius 2 is 1.55 bits per heavy atom. The molecule has 0 N–H and O–H groups in total. The van der Waals surface area contributed by atoms with Crippen molar-refractivity contribution >= 4 is 8.80 Å². The first-order valence-electron chi connectivity index (χ1n) is 8.86. The highest BCUT2D eigenvalue weighted by Gasteiger charge is 2.51. The predicted octanol–water partition coefficient (Wildman–Crippen LogP) is 3.33. The van der Waals surface area contributed by atoms with Gasteiger partial charge in [0.25, 0.3) is 0 Å². The summed E-state index contributed by atoms with van der Waals surface area (Å²) >= 11 is 0. The molecule has 1 aliphatic rings. The van der Waals surface area contributed by atoms with E-state index >= 15 is 0 Å². The summed E-state index contributed by atoms with van der Waals surface area (Å²) in [5, 5.41) is 0. The van der Waals surface area contributed by atoms with Gasteiger partial charge in [0, 0.05) is 26.4 Å². The molecule has 1 saturated heterocycles. The topological polar surface area (TPSA) is 46.2 Å². The lowest BCUT2D eigenvalue weighted by Crippen LogP contribution is -2.59. The quantitative estimate of drug-likeness (QED) is 0.484. The molecule has 0 radical (unpaired) electrons. The zero-order valence-electron chi connectivity index (χ0n) is 14.9. The van der Waals surface area contributed by atoms with Crippen LogP contribution in [0.4, 0.5) is 0 Å². The Hall–Kier alpha value is 0.0169. The van der Waals surface area contributed by atoms with E-state index in [4.69, 9.17) is 22.8 Å². The van der Waals surface area contributed by atoms with Crippen LogP contribution in [0.2, 0.25) is 0 Å². The second kappa shape index (κ2) is 10.7. The number of rotatable bonds is 13. The first-order chi connectivity index (χ1) is 10.7. The first-order valence-corrected chi connectivity index (χ1v) is 10.7. The average Bonchev–Trinajstić information content (AvgIpc) is 2.43. The second-order valence-electron chi connectivity index (χ2n) is 5.46. The zero-order chi connectivity index (χ0) is 16.4. The van der Waals surface area contributed by atoms with E-state index in [2.05, 4.69) is 13.8 Å². The first kappa shape index (κ1) is 20.1. The molecule has 1 rings (SSSR count). The maximum absolute atomic E-state index is 6.43. The SMILES string of the molecule is CCCC(OC(CC)[Si](OCC)(OCC)OCC)C1CCO1. The minimum Gasteiger partial charge on any atom is -0.375 e. The van der Waals surface area contributed by atoms with Gasteiger partial charge in [0.05, 0.1) is 12.2 Å². The van der Waals surface area contributed by atoms with Crippen molar-refractivity contribution in [2.24, 2.45) is 0 Å². The van der Waals surface area contributed by atoms with E-state index in [1.54, 1.807) is 0 Å². The molecule has 3 unspecified atom stereocenters. The van der Waals surface area contributed by atoms with Crippen LogP contribution in [0.3, 0.4) is 0 Å². The van der Waals surface area contributed by atoms with Gasteiger partial charge in [-0.3, -0.25) is 0 Å². The van der Waals surface area contributed by atoms with E-state index in [0.717, 1.165) is 32.3 Å². The zero-order valence-corrected chi connectivity index (χ0v) is 15.9. The van der Waals surface area contributed by atoms with Crippen LogP contribution >= 0.6 is 0 Å². The van der Waals surface area contributed by atoms with Crippen molar-refractivity contribution in [3.8, 4) is 0 Å². The largest absolute Gasteiger partial charge is 0.531 e. The lowest BCUT2D eigenvalue weighted by Gasteiger charge is -2.40. The second-order valence-corrected chi connectivity index (χ2v) is 8.18. The molecule has 1 aliphatic heterocycles. The van der Waals surface area contributed by atoms with Crippen molar-refractivity contribution in [3.05, 3.63) is 0 Å². The van der Waals surface area contributed by atoms with Gasteiger partial charge >= 0.3 is 8.80 Å². The van der Waals surface area contributed by atoms with Crippen LogP contribution in [0.15, 0.2) is 0 Å². The lowest BCUT2D eigenvalue weighted by molar-refractivity contribution is -0.157. The molecule has 0 aliphatic carbocycles. The number of hydrogen-bond donors (Lipinski definition) is 0. The fraction of sp³-hybridized carbons (Fsp3) is 1.00. The van der Waals surface area contributed by atoms with Gasteiger partial charge in [-0.1, -0.05) is 20.3 Å². The van der Waals surface area contributed by atoms with Gasteiger partial charge in [-0.25, -0.2) is 0 Å². The van der Waals surface area contributed by atoms with Gasteiger partial charge in [-0.15, -0.1) is 0 Å². The van der Waals surface area contributed by atoms with E-state index in [1.165, 1.54) is 0 Å². The van der Waals surface area contributed by atoms with Crippen molar-refractivity contribution in [1.29, 1.82) is 0 Å². The third-order valence-electron chi connectivity index (χ3n) is 3.86. The van der Waals surface area contributed by atoms with E-state index in [1.807, 2.05) is 20.8 Å². The van der Waals surface area contributed by atoms with E-state index < -0.39 is 8.80 Å². The van der Waals surface area contributed by atoms with E-state index in [0.29, 0.717) is 19.8 Å².